The van der Waals surface area contributed by atoms with Gasteiger partial charge in [0.25, 0.3) is 5.91 Å². The van der Waals surface area contributed by atoms with Gasteiger partial charge in [-0.2, -0.15) is 4.98 Å². The van der Waals surface area contributed by atoms with Gasteiger partial charge in [-0.3, -0.25) is 4.79 Å². The number of hydrogen-bond acceptors (Lipinski definition) is 5. The van der Waals surface area contributed by atoms with Gasteiger partial charge in [0, 0.05) is 6.04 Å². The fourth-order valence-corrected chi connectivity index (χ4v) is 3.31. The second kappa shape index (κ2) is 5.69. The van der Waals surface area contributed by atoms with Crippen molar-refractivity contribution in [1.82, 2.24) is 9.97 Å². The highest BCUT2D eigenvalue weighted by atomic mass is 35.5. The number of aromatic nitrogens is 2. The van der Waals surface area contributed by atoms with Gasteiger partial charge in [-0.15, -0.1) is 0 Å². The molecule has 0 spiro atoms. The monoisotopic (exact) mass is 309 g/mol. The topological polar surface area (TPSA) is 78.4 Å². The van der Waals surface area contributed by atoms with E-state index in [1.54, 1.807) is 0 Å². The minimum absolute atomic E-state index is 0.0621. The van der Waals surface area contributed by atoms with E-state index in [-0.39, 0.29) is 29.4 Å². The molecule has 1 aliphatic carbocycles. The molecule has 1 saturated carbocycles. The minimum Gasteiger partial charge on any atom is -0.393 e. The molecule has 7 heteroatoms. The summed E-state index contributed by atoms with van der Waals surface area (Å²) in [6.07, 6.45) is 6.05. The van der Waals surface area contributed by atoms with E-state index in [0.717, 1.165) is 12.8 Å². The van der Waals surface area contributed by atoms with Gasteiger partial charge in [-0.05, 0) is 30.9 Å². The van der Waals surface area contributed by atoms with Crippen molar-refractivity contribution in [2.45, 2.75) is 50.8 Å². The highest BCUT2D eigenvalue weighted by molar-refractivity contribution is 6.28. The summed E-state index contributed by atoms with van der Waals surface area (Å²) in [4.78, 5) is 22.6. The molecular weight excluding hydrogens is 292 g/mol. The summed E-state index contributed by atoms with van der Waals surface area (Å²) in [5.41, 5.74) is 0.582. The minimum atomic E-state index is -0.316. The first-order valence-corrected chi connectivity index (χ1v) is 7.55. The Labute approximate surface area is 128 Å². The van der Waals surface area contributed by atoms with E-state index in [2.05, 4.69) is 15.3 Å². The summed E-state index contributed by atoms with van der Waals surface area (Å²) in [7, 11) is 0. The van der Waals surface area contributed by atoms with E-state index in [0.29, 0.717) is 24.3 Å². The molecule has 6 nitrogen and oxygen atoms in total. The third-order valence-electron chi connectivity index (χ3n) is 4.11. The zero-order chi connectivity index (χ0) is 15.0. The van der Waals surface area contributed by atoms with Crippen LogP contribution in [0.2, 0.25) is 5.28 Å². The highest BCUT2D eigenvalue weighted by Crippen LogP contribution is 2.37. The zero-order valence-corrected chi connectivity index (χ0v) is 12.5. The summed E-state index contributed by atoms with van der Waals surface area (Å²) >= 11 is 5.92. The standard InChI is InChI=1S/C14H17ClN4O2/c1-2-3-11-13(21)17-10-7-16-14(15)18-12(10)19(11)8-4-5-9(20)6-8/h2,7-9,11,20H,3-6H2,1H3/p+1. The van der Waals surface area contributed by atoms with Gasteiger partial charge in [-0.1, -0.05) is 0 Å². The number of rotatable bonds is 3. The molecule has 0 bridgehead atoms. The van der Waals surface area contributed by atoms with E-state index < -0.39 is 0 Å². The predicted molar refractivity (Wildman–Crippen MR) is 80.2 cm³/mol. The summed E-state index contributed by atoms with van der Waals surface area (Å²) in [6, 6.07) is -0.218. The van der Waals surface area contributed by atoms with Gasteiger partial charge in [0.1, 0.15) is 12.1 Å². The lowest BCUT2D eigenvalue weighted by molar-refractivity contribution is -0.117. The van der Waals surface area contributed by atoms with Gasteiger partial charge in [0.15, 0.2) is 11.9 Å². The Morgan fingerprint density at radius 3 is 3.05 bits per heavy atom. The van der Waals surface area contributed by atoms with Gasteiger partial charge < -0.3 is 15.3 Å². The van der Waals surface area contributed by atoms with Gasteiger partial charge >= 0.3 is 0 Å². The predicted octanol–water partition coefficient (Wildman–Crippen LogP) is 1.78. The van der Waals surface area contributed by atoms with Crippen molar-refractivity contribution >= 4 is 29.0 Å². The van der Waals surface area contributed by atoms with E-state index in [9.17, 15) is 9.90 Å². The molecule has 1 fully saturated rings. The summed E-state index contributed by atoms with van der Waals surface area (Å²) in [5.74, 6) is 0.591. The molecule has 3 atom stereocenters. The molecule has 21 heavy (non-hydrogen) atoms. The van der Waals surface area contributed by atoms with E-state index in [4.69, 9.17) is 11.6 Å². The van der Waals surface area contributed by atoms with Gasteiger partial charge in [0.05, 0.1) is 25.6 Å². The van der Waals surface area contributed by atoms with Crippen LogP contribution in [0, 0.1) is 6.42 Å². The van der Waals surface area contributed by atoms with Crippen LogP contribution in [0.15, 0.2) is 6.20 Å². The summed E-state index contributed by atoms with van der Waals surface area (Å²) < 4.78 is 0. The van der Waals surface area contributed by atoms with Crippen LogP contribution in [0.1, 0.15) is 32.6 Å². The largest absolute Gasteiger partial charge is 0.393 e. The number of aliphatic hydroxyl groups excluding tert-OH is 1. The Morgan fingerprint density at radius 2 is 2.38 bits per heavy atom. The number of anilines is 2. The Balaban J connectivity index is 2.01. The molecule has 2 aliphatic rings. The molecule has 0 radical (unpaired) electrons. The van der Waals surface area contributed by atoms with E-state index in [1.165, 1.54) is 6.20 Å². The first-order chi connectivity index (χ1) is 10.1. The number of amides is 1. The van der Waals surface area contributed by atoms with Crippen molar-refractivity contribution in [2.75, 3.05) is 10.2 Å². The normalized spacial score (nSPS) is 28.2. The molecule has 0 saturated heterocycles. The lowest BCUT2D eigenvalue weighted by Gasteiger charge is -2.39. The summed E-state index contributed by atoms with van der Waals surface area (Å²) in [5, 5.41) is 12.8. The fraction of sp³-hybridized carbons (Fsp3) is 0.571. The molecule has 2 heterocycles. The van der Waals surface area contributed by atoms with Crippen LogP contribution < -0.4 is 10.2 Å². The Hall–Kier alpha value is -1.53. The maximum Gasteiger partial charge on any atom is 0.251 e. The average molecular weight is 310 g/mol. The molecule has 1 aliphatic heterocycles. The number of fused-ring (bicyclic) bond motifs is 1. The van der Waals surface area contributed by atoms with Crippen molar-refractivity contribution in [1.29, 1.82) is 0 Å². The molecule has 0 aromatic carbocycles. The molecular formula is C14H18ClN4O2+. The quantitative estimate of drug-likeness (QED) is 0.657. The number of hydrogen-bond donors (Lipinski definition) is 2. The highest BCUT2D eigenvalue weighted by Gasteiger charge is 2.42. The second-order valence-electron chi connectivity index (χ2n) is 5.55. The fourth-order valence-electron chi connectivity index (χ4n) is 3.19. The molecule has 112 valence electrons. The number of nitrogens with one attached hydrogen (secondary N) is 1. The number of nitrogens with zero attached hydrogens (tertiary/aromatic N) is 3. The Bertz CT molecular complexity index is 554. The summed E-state index contributed by atoms with van der Waals surface area (Å²) in [6.45, 7) is 1.93. The number of carbonyl (C=O) groups excluding carboxylic acids is 1. The maximum atomic E-state index is 12.4. The number of carbonyl (C=O) groups is 1. The van der Waals surface area contributed by atoms with Crippen molar-refractivity contribution in [3.8, 4) is 0 Å². The lowest BCUT2D eigenvalue weighted by Crippen LogP contribution is -2.52. The Kier molecular flexibility index (Phi) is 3.91. The van der Waals surface area contributed by atoms with Crippen LogP contribution in [0.4, 0.5) is 11.5 Å². The van der Waals surface area contributed by atoms with Crippen LogP contribution in [0.25, 0.3) is 0 Å². The van der Waals surface area contributed by atoms with Crippen molar-refractivity contribution < 1.29 is 9.90 Å². The van der Waals surface area contributed by atoms with Crippen LogP contribution in [0.5, 0.6) is 0 Å². The Morgan fingerprint density at radius 1 is 1.57 bits per heavy atom. The smallest absolute Gasteiger partial charge is 0.251 e. The first-order valence-electron chi connectivity index (χ1n) is 7.17. The SMILES string of the molecule is C[CH+]CC1C(=O)Nc2cnc(Cl)nc2N1C1CCC(O)C1. The molecule has 1 aromatic heterocycles. The molecule has 1 amide bonds. The molecule has 2 N–H and O–H groups in total. The zero-order valence-electron chi connectivity index (χ0n) is 11.8. The molecule has 1 aromatic rings. The molecule has 3 unspecified atom stereocenters. The van der Waals surface area contributed by atoms with Crippen molar-refractivity contribution in [2.24, 2.45) is 0 Å². The van der Waals surface area contributed by atoms with Gasteiger partial charge in [-0.25, -0.2) is 4.98 Å². The van der Waals surface area contributed by atoms with Crippen molar-refractivity contribution in [3.05, 3.63) is 17.9 Å². The lowest BCUT2D eigenvalue weighted by atomic mass is 10.0. The first kappa shape index (κ1) is 14.4. The van der Waals surface area contributed by atoms with Crippen LogP contribution in [-0.2, 0) is 4.79 Å². The van der Waals surface area contributed by atoms with Crippen LogP contribution in [0.3, 0.4) is 0 Å². The van der Waals surface area contributed by atoms with E-state index in [1.807, 2.05) is 18.2 Å². The molecule has 3 rings (SSSR count). The van der Waals surface area contributed by atoms with Crippen LogP contribution >= 0.6 is 11.6 Å². The third kappa shape index (κ3) is 2.65. The van der Waals surface area contributed by atoms with Crippen molar-refractivity contribution in [3.63, 3.8) is 0 Å². The van der Waals surface area contributed by atoms with Crippen LogP contribution in [-0.4, -0.2) is 39.2 Å². The van der Waals surface area contributed by atoms with Gasteiger partial charge in [0.2, 0.25) is 5.28 Å². The third-order valence-corrected chi connectivity index (χ3v) is 4.29. The average Bonchev–Trinajstić information content (AvgIpc) is 2.87. The number of halogens is 1. The number of aliphatic hydroxyl groups is 1. The maximum absolute atomic E-state index is 12.4. The van der Waals surface area contributed by atoms with E-state index >= 15 is 0 Å². The second-order valence-corrected chi connectivity index (χ2v) is 5.89.